The molecule has 4 heteroatoms. The predicted octanol–water partition coefficient (Wildman–Crippen LogP) is 2.57. The third-order valence-corrected chi connectivity index (χ3v) is 4.25. The molecule has 1 aromatic carbocycles. The minimum Gasteiger partial charge on any atom is -0.396 e. The molecule has 2 unspecified atom stereocenters. The summed E-state index contributed by atoms with van der Waals surface area (Å²) in [5.74, 6) is 0.263. The van der Waals surface area contributed by atoms with E-state index in [1.807, 2.05) is 6.07 Å². The van der Waals surface area contributed by atoms with Gasteiger partial charge in [0.25, 0.3) is 0 Å². The van der Waals surface area contributed by atoms with Crippen LogP contribution in [-0.2, 0) is 0 Å². The van der Waals surface area contributed by atoms with Crippen LogP contribution in [0, 0.1) is 11.7 Å². The van der Waals surface area contributed by atoms with Crippen molar-refractivity contribution in [3.8, 4) is 0 Å². The molecule has 1 aliphatic heterocycles. The van der Waals surface area contributed by atoms with E-state index in [-0.39, 0.29) is 18.5 Å². The maximum atomic E-state index is 13.4. The molecule has 21 heavy (non-hydrogen) atoms. The fraction of sp³-hybridized carbons (Fsp3) is 0.647. The van der Waals surface area contributed by atoms with E-state index < -0.39 is 0 Å². The van der Waals surface area contributed by atoms with Crippen LogP contribution in [0.25, 0.3) is 0 Å². The summed E-state index contributed by atoms with van der Waals surface area (Å²) < 4.78 is 13.4. The van der Waals surface area contributed by atoms with Crippen LogP contribution in [0.3, 0.4) is 0 Å². The smallest absolute Gasteiger partial charge is 0.123 e. The van der Waals surface area contributed by atoms with E-state index in [4.69, 9.17) is 0 Å². The van der Waals surface area contributed by atoms with Crippen molar-refractivity contribution in [1.82, 2.24) is 10.2 Å². The summed E-state index contributed by atoms with van der Waals surface area (Å²) in [6.07, 6.45) is 3.13. The third-order valence-electron chi connectivity index (χ3n) is 4.25. The SMILES string of the molecule is CCCNC(CCN1CCC(CO)C1)c1cccc(F)c1. The molecule has 1 heterocycles. The number of nitrogens with zero attached hydrogens (tertiary/aromatic N) is 1. The van der Waals surface area contributed by atoms with Gasteiger partial charge in [-0.2, -0.15) is 0 Å². The van der Waals surface area contributed by atoms with Gasteiger partial charge in [-0.05, 0) is 62.5 Å². The van der Waals surface area contributed by atoms with E-state index in [1.54, 1.807) is 12.1 Å². The highest BCUT2D eigenvalue weighted by atomic mass is 19.1. The third kappa shape index (κ3) is 5.06. The van der Waals surface area contributed by atoms with E-state index in [1.165, 1.54) is 6.07 Å². The first-order chi connectivity index (χ1) is 10.2. The Morgan fingerprint density at radius 2 is 2.33 bits per heavy atom. The van der Waals surface area contributed by atoms with Gasteiger partial charge >= 0.3 is 0 Å². The van der Waals surface area contributed by atoms with Gasteiger partial charge < -0.3 is 15.3 Å². The van der Waals surface area contributed by atoms with Crippen LogP contribution in [0.15, 0.2) is 24.3 Å². The summed E-state index contributed by atoms with van der Waals surface area (Å²) in [5.41, 5.74) is 1.03. The first kappa shape index (κ1) is 16.4. The number of rotatable bonds is 8. The highest BCUT2D eigenvalue weighted by Crippen LogP contribution is 2.21. The predicted molar refractivity (Wildman–Crippen MR) is 83.7 cm³/mol. The van der Waals surface area contributed by atoms with Crippen LogP contribution in [0.1, 0.15) is 37.8 Å². The normalized spacial score (nSPS) is 20.8. The summed E-state index contributed by atoms with van der Waals surface area (Å²) >= 11 is 0. The summed E-state index contributed by atoms with van der Waals surface area (Å²) in [6, 6.07) is 7.11. The van der Waals surface area contributed by atoms with Crippen LogP contribution >= 0.6 is 0 Å². The van der Waals surface area contributed by atoms with Gasteiger partial charge in [0.1, 0.15) is 5.82 Å². The molecule has 0 bridgehead atoms. The molecule has 0 spiro atoms. The van der Waals surface area contributed by atoms with Crippen LogP contribution in [0.2, 0.25) is 0 Å². The number of aliphatic hydroxyl groups excluding tert-OH is 1. The van der Waals surface area contributed by atoms with Gasteiger partial charge in [0.2, 0.25) is 0 Å². The molecular weight excluding hydrogens is 267 g/mol. The summed E-state index contributed by atoms with van der Waals surface area (Å²) in [5, 5.41) is 12.7. The van der Waals surface area contributed by atoms with Crippen LogP contribution < -0.4 is 5.32 Å². The fourth-order valence-electron chi connectivity index (χ4n) is 3.01. The van der Waals surface area contributed by atoms with Gasteiger partial charge in [-0.15, -0.1) is 0 Å². The number of nitrogens with one attached hydrogen (secondary N) is 1. The summed E-state index contributed by atoms with van der Waals surface area (Å²) in [4.78, 5) is 2.40. The van der Waals surface area contributed by atoms with Crippen LogP contribution in [0.4, 0.5) is 4.39 Å². The number of halogens is 1. The lowest BCUT2D eigenvalue weighted by molar-refractivity contribution is 0.219. The minimum absolute atomic E-state index is 0.169. The van der Waals surface area contributed by atoms with Gasteiger partial charge in [-0.1, -0.05) is 19.1 Å². The van der Waals surface area contributed by atoms with Crippen molar-refractivity contribution in [3.05, 3.63) is 35.6 Å². The van der Waals surface area contributed by atoms with Gasteiger partial charge in [0, 0.05) is 19.2 Å². The second kappa shape index (κ2) is 8.47. The Bertz CT molecular complexity index is 427. The number of hydrogen-bond acceptors (Lipinski definition) is 3. The molecule has 0 aliphatic carbocycles. The highest BCUT2D eigenvalue weighted by molar-refractivity contribution is 5.20. The number of benzene rings is 1. The van der Waals surface area contributed by atoms with Crippen molar-refractivity contribution in [1.29, 1.82) is 0 Å². The first-order valence-corrected chi connectivity index (χ1v) is 8.05. The molecule has 0 aromatic heterocycles. The fourth-order valence-corrected chi connectivity index (χ4v) is 3.01. The maximum absolute atomic E-state index is 13.4. The standard InChI is InChI=1S/C17H27FN2O/c1-2-8-19-17(15-4-3-5-16(18)11-15)7-10-20-9-6-14(12-20)13-21/h3-5,11,14,17,19,21H,2,6-10,12-13H2,1H3. The second-order valence-corrected chi connectivity index (χ2v) is 5.99. The number of aliphatic hydroxyl groups is 1. The second-order valence-electron chi connectivity index (χ2n) is 5.99. The molecule has 1 aliphatic rings. The van der Waals surface area contributed by atoms with Crippen molar-refractivity contribution < 1.29 is 9.50 Å². The molecule has 118 valence electrons. The summed E-state index contributed by atoms with van der Waals surface area (Å²) in [6.45, 7) is 6.42. The molecule has 3 nitrogen and oxygen atoms in total. The minimum atomic E-state index is -0.169. The van der Waals surface area contributed by atoms with E-state index >= 15 is 0 Å². The van der Waals surface area contributed by atoms with Gasteiger partial charge in [-0.3, -0.25) is 0 Å². The van der Waals surface area contributed by atoms with Crippen LogP contribution in [0.5, 0.6) is 0 Å². The Morgan fingerprint density at radius 3 is 3.00 bits per heavy atom. The Balaban J connectivity index is 1.90. The molecule has 0 radical (unpaired) electrons. The Kier molecular flexibility index (Phi) is 6.61. The molecular formula is C17H27FN2O. The topological polar surface area (TPSA) is 35.5 Å². The molecule has 2 atom stereocenters. The van der Waals surface area contributed by atoms with E-state index in [2.05, 4.69) is 17.1 Å². The molecule has 1 fully saturated rings. The molecule has 0 amide bonds. The molecule has 0 saturated carbocycles. The summed E-state index contributed by atoms with van der Waals surface area (Å²) in [7, 11) is 0. The Hall–Kier alpha value is -0.970. The van der Waals surface area contributed by atoms with Crippen molar-refractivity contribution in [3.63, 3.8) is 0 Å². The van der Waals surface area contributed by atoms with Gasteiger partial charge in [0.15, 0.2) is 0 Å². The molecule has 1 aromatic rings. The van der Waals surface area contributed by atoms with Crippen molar-refractivity contribution in [2.45, 2.75) is 32.2 Å². The first-order valence-electron chi connectivity index (χ1n) is 8.05. The maximum Gasteiger partial charge on any atom is 0.123 e. The Labute approximate surface area is 127 Å². The van der Waals surface area contributed by atoms with E-state index in [9.17, 15) is 9.50 Å². The van der Waals surface area contributed by atoms with Gasteiger partial charge in [0.05, 0.1) is 0 Å². The van der Waals surface area contributed by atoms with Crippen molar-refractivity contribution in [2.24, 2.45) is 5.92 Å². The zero-order valence-corrected chi connectivity index (χ0v) is 12.9. The quantitative estimate of drug-likeness (QED) is 0.773. The van der Waals surface area contributed by atoms with Crippen LogP contribution in [-0.4, -0.2) is 42.8 Å². The zero-order chi connectivity index (χ0) is 15.1. The molecule has 2 rings (SSSR count). The number of likely N-dealkylation sites (tertiary alicyclic amines) is 1. The van der Waals surface area contributed by atoms with E-state index in [0.29, 0.717) is 5.92 Å². The zero-order valence-electron chi connectivity index (χ0n) is 12.9. The van der Waals surface area contributed by atoms with Crippen molar-refractivity contribution >= 4 is 0 Å². The average molecular weight is 294 g/mol. The van der Waals surface area contributed by atoms with Gasteiger partial charge in [-0.25, -0.2) is 4.39 Å². The average Bonchev–Trinajstić information content (AvgIpc) is 2.95. The molecule has 1 saturated heterocycles. The molecule has 2 N–H and O–H groups in total. The lowest BCUT2D eigenvalue weighted by atomic mass is 10.0. The largest absolute Gasteiger partial charge is 0.396 e. The van der Waals surface area contributed by atoms with Crippen molar-refractivity contribution in [2.75, 3.05) is 32.8 Å². The lowest BCUT2D eigenvalue weighted by Gasteiger charge is -2.23. The Morgan fingerprint density at radius 1 is 1.48 bits per heavy atom. The monoisotopic (exact) mass is 294 g/mol. The van der Waals surface area contributed by atoms with E-state index in [0.717, 1.165) is 51.0 Å². The lowest BCUT2D eigenvalue weighted by Crippen LogP contribution is -2.29. The highest BCUT2D eigenvalue weighted by Gasteiger charge is 2.22. The number of hydrogen-bond donors (Lipinski definition) is 2.